The van der Waals surface area contributed by atoms with Crippen LogP contribution in [0.15, 0.2) is 51.2 Å². The Kier molecular flexibility index (Phi) is 23.5. The molecule has 2 rings (SSSR count). The maximum atomic E-state index is 9.60. The Morgan fingerprint density at radius 3 is 1.14 bits per heavy atom. The second-order valence-corrected chi connectivity index (χ2v) is 5.88. The average molecular weight is 449 g/mol. The first-order valence-electron chi connectivity index (χ1n) is 8.70. The molecule has 1 aliphatic rings. The number of rotatable bonds is 2. The smallest absolute Gasteiger partial charge is 0.0465 e. The van der Waals surface area contributed by atoms with Crippen molar-refractivity contribution in [2.24, 2.45) is 26.5 Å². The zero-order valence-corrected chi connectivity index (χ0v) is 18.2. The van der Waals surface area contributed by atoms with Crippen LogP contribution in [0.3, 0.4) is 0 Å². The fourth-order valence-electron chi connectivity index (χ4n) is 1.59. The molecule has 1 heterocycles. The van der Waals surface area contributed by atoms with Crippen LogP contribution in [0.25, 0.3) is 0 Å². The van der Waals surface area contributed by atoms with Gasteiger partial charge in [0.25, 0.3) is 0 Å². The van der Waals surface area contributed by atoms with Crippen molar-refractivity contribution in [1.82, 2.24) is 4.98 Å². The van der Waals surface area contributed by atoms with E-state index in [1.54, 1.807) is 12.4 Å². The van der Waals surface area contributed by atoms with Crippen LogP contribution in [-0.4, -0.2) is 27.8 Å². The largest absolute Gasteiger partial charge is 0.792 e. The van der Waals surface area contributed by atoms with Gasteiger partial charge in [-0.3, -0.25) is 4.98 Å². The molecule has 0 bridgehead atoms. The fourth-order valence-corrected chi connectivity index (χ4v) is 1.59. The third-order valence-corrected chi connectivity index (χ3v) is 3.64. The third-order valence-electron chi connectivity index (χ3n) is 3.64. The number of hydrogen-bond donors (Lipinski definition) is 0. The molecule has 0 atom stereocenters. The van der Waals surface area contributed by atoms with Gasteiger partial charge in [0.05, 0.1) is 0 Å². The minimum Gasteiger partial charge on any atom is -0.792 e. The van der Waals surface area contributed by atoms with Gasteiger partial charge >= 0.3 is 0 Å². The van der Waals surface area contributed by atoms with Gasteiger partial charge in [0.1, 0.15) is 0 Å². The molecule has 0 amide bonds. The van der Waals surface area contributed by atoms with Crippen molar-refractivity contribution in [3.8, 4) is 0 Å². The summed E-state index contributed by atoms with van der Waals surface area (Å²) in [5, 5.41) is 48.4. The molecule has 10 heteroatoms. The molecule has 1 radical (unpaired) electrons. The standard InChI is InChI=1S/C6H11.C5H5N.2C4H8N2O2.Co/c1-6-4-2-3-5-6;1-2-4-6-5-3-1;2*1-3(5-7)4(2)6-8;/h6H,1-5H2;1-5H;2*7-8H,1-2H3;/q-1;;;;/p-4. The maximum Gasteiger partial charge on any atom is 0.0465 e. The van der Waals surface area contributed by atoms with Crippen LogP contribution >= 0.6 is 0 Å². The van der Waals surface area contributed by atoms with Crippen LogP contribution in [-0.2, 0) is 16.8 Å². The first-order valence-corrected chi connectivity index (χ1v) is 8.70. The van der Waals surface area contributed by atoms with E-state index in [1.807, 2.05) is 18.2 Å². The normalized spacial score (nSPS) is 14.8. The van der Waals surface area contributed by atoms with E-state index in [9.17, 15) is 20.8 Å². The molecule has 0 saturated heterocycles. The van der Waals surface area contributed by atoms with E-state index in [-0.39, 0.29) is 39.6 Å². The van der Waals surface area contributed by atoms with E-state index in [0.717, 1.165) is 5.92 Å². The molecule has 1 aromatic rings. The number of hydrogen-bond acceptors (Lipinski definition) is 9. The molecular formula is C19H28CoN5O4-5. The zero-order chi connectivity index (χ0) is 21.8. The zero-order valence-electron chi connectivity index (χ0n) is 17.2. The van der Waals surface area contributed by atoms with Gasteiger partial charge in [-0.1, -0.05) is 31.7 Å². The molecule has 1 saturated carbocycles. The summed E-state index contributed by atoms with van der Waals surface area (Å²) in [5.41, 5.74) is 0.556. The topological polar surface area (TPSA) is 155 Å². The Labute approximate surface area is 183 Å². The van der Waals surface area contributed by atoms with Crippen LogP contribution in [0.4, 0.5) is 0 Å². The molecule has 0 spiro atoms. The van der Waals surface area contributed by atoms with Gasteiger partial charge in [0.15, 0.2) is 0 Å². The summed E-state index contributed by atoms with van der Waals surface area (Å²) >= 11 is 0. The Bertz CT molecular complexity index is 526. The Balaban J connectivity index is -0.000000309. The van der Waals surface area contributed by atoms with Crippen LogP contribution in [0.2, 0.25) is 0 Å². The predicted octanol–water partition coefficient (Wildman–Crippen LogP) is 4.90. The molecule has 167 valence electrons. The molecule has 0 aromatic carbocycles. The van der Waals surface area contributed by atoms with E-state index in [4.69, 9.17) is 0 Å². The second-order valence-electron chi connectivity index (χ2n) is 5.88. The van der Waals surface area contributed by atoms with Crippen molar-refractivity contribution < 1.29 is 16.8 Å². The van der Waals surface area contributed by atoms with E-state index in [1.165, 1.54) is 53.4 Å². The summed E-state index contributed by atoms with van der Waals surface area (Å²) < 4.78 is 0. The minimum atomic E-state index is 0. The van der Waals surface area contributed by atoms with E-state index < -0.39 is 0 Å². The molecular weight excluding hydrogens is 421 g/mol. The van der Waals surface area contributed by atoms with Crippen LogP contribution in [0.5, 0.6) is 0 Å². The number of pyridine rings is 1. The van der Waals surface area contributed by atoms with Crippen LogP contribution in [0, 0.1) is 33.7 Å². The van der Waals surface area contributed by atoms with E-state index >= 15 is 0 Å². The molecule has 0 N–H and O–H groups in total. The first-order chi connectivity index (χ1) is 13.3. The predicted molar refractivity (Wildman–Crippen MR) is 117 cm³/mol. The summed E-state index contributed by atoms with van der Waals surface area (Å²) in [6.45, 7) is 9.67. The summed E-state index contributed by atoms with van der Waals surface area (Å²) in [5.74, 6) is 0.796. The molecule has 1 aliphatic carbocycles. The molecule has 29 heavy (non-hydrogen) atoms. The van der Waals surface area contributed by atoms with Crippen molar-refractivity contribution in [1.29, 1.82) is 0 Å². The van der Waals surface area contributed by atoms with Crippen LogP contribution < -0.4 is 0 Å². The van der Waals surface area contributed by atoms with Crippen molar-refractivity contribution in [3.05, 3.63) is 58.3 Å². The van der Waals surface area contributed by atoms with E-state index in [0.29, 0.717) is 0 Å². The Hall–Kier alpha value is -2.46. The van der Waals surface area contributed by atoms with Crippen molar-refractivity contribution in [2.75, 3.05) is 0 Å². The first kappa shape index (κ1) is 31.2. The van der Waals surface area contributed by atoms with Gasteiger partial charge < -0.3 is 48.4 Å². The number of aromatic nitrogens is 1. The molecule has 0 aliphatic heterocycles. The minimum absolute atomic E-state index is 0. The quantitative estimate of drug-likeness (QED) is 0.357. The Morgan fingerprint density at radius 2 is 1.03 bits per heavy atom. The summed E-state index contributed by atoms with van der Waals surface area (Å²) in [6.07, 6.45) is 9.10. The monoisotopic (exact) mass is 449 g/mol. The average Bonchev–Trinajstić information content (AvgIpc) is 3.24. The van der Waals surface area contributed by atoms with E-state index in [2.05, 4.69) is 32.5 Å². The second kappa shape index (κ2) is 21.8. The molecule has 9 nitrogen and oxygen atoms in total. The summed E-state index contributed by atoms with van der Waals surface area (Å²) in [7, 11) is 0. The summed E-state index contributed by atoms with van der Waals surface area (Å²) in [6, 6.07) is 5.72. The van der Waals surface area contributed by atoms with Gasteiger partial charge in [-0.15, -0.1) is 0 Å². The molecule has 0 unspecified atom stereocenters. The fraction of sp³-hybridized carbons (Fsp3) is 0.474. The van der Waals surface area contributed by atoms with Crippen molar-refractivity contribution >= 4 is 22.8 Å². The van der Waals surface area contributed by atoms with Gasteiger partial charge in [-0.05, 0) is 39.8 Å². The number of nitrogens with zero attached hydrogens (tertiary/aromatic N) is 5. The molecule has 1 fully saturated rings. The van der Waals surface area contributed by atoms with Crippen molar-refractivity contribution in [3.63, 3.8) is 0 Å². The molecule has 1 aromatic heterocycles. The van der Waals surface area contributed by atoms with Gasteiger partial charge in [-0.2, -0.15) is 5.92 Å². The maximum absolute atomic E-state index is 9.60. The Morgan fingerprint density at radius 1 is 0.724 bits per heavy atom. The van der Waals surface area contributed by atoms with Crippen LogP contribution in [0.1, 0.15) is 53.4 Å². The van der Waals surface area contributed by atoms with Gasteiger partial charge in [-0.25, -0.2) is 0 Å². The third kappa shape index (κ3) is 20.1. The van der Waals surface area contributed by atoms with Gasteiger partial charge in [0.2, 0.25) is 0 Å². The van der Waals surface area contributed by atoms with Gasteiger partial charge in [0, 0.05) is 52.0 Å². The summed E-state index contributed by atoms with van der Waals surface area (Å²) in [4.78, 5) is 3.78. The van der Waals surface area contributed by atoms with Crippen molar-refractivity contribution in [2.45, 2.75) is 53.4 Å². The SMILES string of the molecule is CC(=N[O-])C(C)=N[O-].CC(=N[O-])C(C)=N[O-].[CH2-]C1CCCC1.[Co].c1ccncc1.